The van der Waals surface area contributed by atoms with Crippen LogP contribution in [0, 0.1) is 11.2 Å². The molecule has 0 bridgehead atoms. The molecule has 27 heavy (non-hydrogen) atoms. The number of anilines is 1. The highest BCUT2D eigenvalue weighted by atomic mass is 19.1. The Hall–Kier alpha value is -2.20. The maximum absolute atomic E-state index is 13.9. The number of carbonyl (C=O) groups is 1. The van der Waals surface area contributed by atoms with Gasteiger partial charge in [-0.05, 0) is 55.6 Å². The SMILES string of the molecule is CC(C)c1ccc(NC(=O)C2(C)CCN(Cc3ccccc3F)CC2)cc1. The number of nitrogens with one attached hydrogen (secondary N) is 1. The van der Waals surface area contributed by atoms with Crippen LogP contribution in [0.3, 0.4) is 0 Å². The quantitative estimate of drug-likeness (QED) is 0.788. The molecule has 0 radical (unpaired) electrons. The van der Waals surface area contributed by atoms with Gasteiger partial charge in [-0.25, -0.2) is 4.39 Å². The van der Waals surface area contributed by atoms with E-state index >= 15 is 0 Å². The minimum atomic E-state index is -0.386. The molecule has 3 nitrogen and oxygen atoms in total. The predicted molar refractivity (Wildman–Crippen MR) is 108 cm³/mol. The first-order chi connectivity index (χ1) is 12.9. The van der Waals surface area contributed by atoms with Gasteiger partial charge in [0.15, 0.2) is 0 Å². The molecular weight excluding hydrogens is 339 g/mol. The van der Waals surface area contributed by atoms with E-state index in [0.29, 0.717) is 12.5 Å². The Morgan fingerprint density at radius 2 is 1.74 bits per heavy atom. The predicted octanol–water partition coefficient (Wildman–Crippen LogP) is 5.19. The Bertz CT molecular complexity index is 777. The minimum absolute atomic E-state index is 0.0744. The summed E-state index contributed by atoms with van der Waals surface area (Å²) in [7, 11) is 0. The lowest BCUT2D eigenvalue weighted by Gasteiger charge is -2.38. The summed E-state index contributed by atoms with van der Waals surface area (Å²) >= 11 is 0. The summed E-state index contributed by atoms with van der Waals surface area (Å²) in [4.78, 5) is 15.1. The second-order valence-electron chi connectivity index (χ2n) is 8.16. The molecule has 1 fully saturated rings. The van der Waals surface area contributed by atoms with Crippen molar-refractivity contribution in [3.05, 3.63) is 65.5 Å². The molecule has 144 valence electrons. The number of piperidine rings is 1. The molecule has 1 amide bonds. The molecular formula is C23H29FN2O. The molecule has 0 spiro atoms. The topological polar surface area (TPSA) is 32.3 Å². The van der Waals surface area contributed by atoms with Crippen molar-refractivity contribution in [3.63, 3.8) is 0 Å². The number of nitrogens with zero attached hydrogens (tertiary/aromatic N) is 1. The fourth-order valence-corrected chi connectivity index (χ4v) is 3.53. The van der Waals surface area contributed by atoms with Crippen LogP contribution in [0.5, 0.6) is 0 Å². The molecule has 1 aliphatic rings. The fraction of sp³-hybridized carbons (Fsp3) is 0.435. The van der Waals surface area contributed by atoms with Crippen molar-refractivity contribution in [2.75, 3.05) is 18.4 Å². The zero-order valence-corrected chi connectivity index (χ0v) is 16.5. The highest BCUT2D eigenvalue weighted by molar-refractivity contribution is 5.95. The molecule has 0 unspecified atom stereocenters. The van der Waals surface area contributed by atoms with Crippen LogP contribution in [0.2, 0.25) is 0 Å². The Kier molecular flexibility index (Phi) is 5.95. The Morgan fingerprint density at radius 3 is 2.33 bits per heavy atom. The van der Waals surface area contributed by atoms with Gasteiger partial charge in [0.1, 0.15) is 5.82 Å². The van der Waals surface area contributed by atoms with Crippen molar-refractivity contribution in [1.82, 2.24) is 4.90 Å². The Labute approximate surface area is 161 Å². The largest absolute Gasteiger partial charge is 0.326 e. The first-order valence-corrected chi connectivity index (χ1v) is 9.74. The normalized spacial score (nSPS) is 17.1. The monoisotopic (exact) mass is 368 g/mol. The molecule has 2 aromatic carbocycles. The van der Waals surface area contributed by atoms with E-state index in [4.69, 9.17) is 0 Å². The first-order valence-electron chi connectivity index (χ1n) is 9.74. The van der Waals surface area contributed by atoms with E-state index in [1.54, 1.807) is 6.07 Å². The van der Waals surface area contributed by atoms with Crippen LogP contribution >= 0.6 is 0 Å². The van der Waals surface area contributed by atoms with Crippen molar-refractivity contribution >= 4 is 11.6 Å². The van der Waals surface area contributed by atoms with Gasteiger partial charge in [0, 0.05) is 23.2 Å². The van der Waals surface area contributed by atoms with E-state index in [1.165, 1.54) is 11.6 Å². The summed E-state index contributed by atoms with van der Waals surface area (Å²) in [5.74, 6) is 0.393. The number of rotatable bonds is 5. The van der Waals surface area contributed by atoms with Crippen LogP contribution in [-0.4, -0.2) is 23.9 Å². The smallest absolute Gasteiger partial charge is 0.230 e. The molecule has 3 rings (SSSR count). The number of hydrogen-bond donors (Lipinski definition) is 1. The van der Waals surface area contributed by atoms with Gasteiger partial charge in [-0.1, -0.05) is 51.1 Å². The van der Waals surface area contributed by atoms with E-state index in [-0.39, 0.29) is 17.1 Å². The highest BCUT2D eigenvalue weighted by Crippen LogP contribution is 2.33. The van der Waals surface area contributed by atoms with E-state index in [1.807, 2.05) is 31.2 Å². The van der Waals surface area contributed by atoms with E-state index in [9.17, 15) is 9.18 Å². The summed E-state index contributed by atoms with van der Waals surface area (Å²) in [5.41, 5.74) is 2.44. The summed E-state index contributed by atoms with van der Waals surface area (Å²) < 4.78 is 13.9. The Balaban J connectivity index is 1.56. The lowest BCUT2D eigenvalue weighted by Crippen LogP contribution is -2.44. The van der Waals surface area contributed by atoms with Gasteiger partial charge in [-0.15, -0.1) is 0 Å². The Morgan fingerprint density at radius 1 is 1.11 bits per heavy atom. The molecule has 0 aromatic heterocycles. The van der Waals surface area contributed by atoms with Crippen LogP contribution in [0.25, 0.3) is 0 Å². The average molecular weight is 368 g/mol. The number of amides is 1. The molecule has 2 aromatic rings. The van der Waals surface area contributed by atoms with Crippen molar-refractivity contribution in [3.8, 4) is 0 Å². The van der Waals surface area contributed by atoms with Crippen molar-refractivity contribution in [1.29, 1.82) is 0 Å². The van der Waals surface area contributed by atoms with Gasteiger partial charge in [-0.2, -0.15) is 0 Å². The molecule has 1 heterocycles. The lowest BCUT2D eigenvalue weighted by molar-refractivity contribution is -0.127. The number of hydrogen-bond acceptors (Lipinski definition) is 2. The van der Waals surface area contributed by atoms with Crippen molar-refractivity contribution < 1.29 is 9.18 Å². The maximum Gasteiger partial charge on any atom is 0.230 e. The van der Waals surface area contributed by atoms with Gasteiger partial charge in [0.25, 0.3) is 0 Å². The summed E-state index contributed by atoms with van der Waals surface area (Å²) in [6.45, 7) is 8.54. The van der Waals surface area contributed by atoms with E-state index in [0.717, 1.165) is 37.2 Å². The average Bonchev–Trinajstić information content (AvgIpc) is 2.66. The number of halogens is 1. The standard InChI is InChI=1S/C23H29FN2O/c1-17(2)18-8-10-20(11-9-18)25-22(27)23(3)12-14-26(15-13-23)16-19-6-4-5-7-21(19)24/h4-11,17H,12-16H2,1-3H3,(H,25,27). The van der Waals surface area contributed by atoms with Crippen LogP contribution in [0.15, 0.2) is 48.5 Å². The second-order valence-corrected chi connectivity index (χ2v) is 8.16. The third kappa shape index (κ3) is 4.75. The van der Waals surface area contributed by atoms with Crippen LogP contribution in [0.1, 0.15) is 50.7 Å². The van der Waals surface area contributed by atoms with Gasteiger partial charge >= 0.3 is 0 Å². The molecule has 0 aliphatic carbocycles. The first kappa shape index (κ1) is 19.6. The zero-order valence-electron chi connectivity index (χ0n) is 16.5. The van der Waals surface area contributed by atoms with Gasteiger partial charge in [-0.3, -0.25) is 9.69 Å². The van der Waals surface area contributed by atoms with E-state index in [2.05, 4.69) is 36.2 Å². The molecule has 0 atom stereocenters. The van der Waals surface area contributed by atoms with Gasteiger partial charge < -0.3 is 5.32 Å². The van der Waals surface area contributed by atoms with E-state index < -0.39 is 0 Å². The van der Waals surface area contributed by atoms with Crippen LogP contribution < -0.4 is 5.32 Å². The zero-order chi connectivity index (χ0) is 19.4. The minimum Gasteiger partial charge on any atom is -0.326 e. The highest BCUT2D eigenvalue weighted by Gasteiger charge is 2.37. The van der Waals surface area contributed by atoms with Crippen LogP contribution in [0.4, 0.5) is 10.1 Å². The molecule has 1 saturated heterocycles. The fourth-order valence-electron chi connectivity index (χ4n) is 3.53. The van der Waals surface area contributed by atoms with Crippen molar-refractivity contribution in [2.45, 2.75) is 46.1 Å². The maximum atomic E-state index is 13.9. The summed E-state index contributed by atoms with van der Waals surface area (Å²) in [6, 6.07) is 15.0. The second kappa shape index (κ2) is 8.22. The number of likely N-dealkylation sites (tertiary alicyclic amines) is 1. The van der Waals surface area contributed by atoms with Gasteiger partial charge in [0.2, 0.25) is 5.91 Å². The lowest BCUT2D eigenvalue weighted by atomic mass is 9.79. The molecule has 1 N–H and O–H groups in total. The third-order valence-electron chi connectivity index (χ3n) is 5.69. The summed E-state index contributed by atoms with van der Waals surface area (Å²) in [6.07, 6.45) is 1.55. The third-order valence-corrected chi connectivity index (χ3v) is 5.69. The van der Waals surface area contributed by atoms with Crippen molar-refractivity contribution in [2.24, 2.45) is 5.41 Å². The summed E-state index contributed by atoms with van der Waals surface area (Å²) in [5, 5.41) is 3.07. The molecule has 4 heteroatoms. The number of carbonyl (C=O) groups excluding carboxylic acids is 1. The van der Waals surface area contributed by atoms with Gasteiger partial charge in [0.05, 0.1) is 0 Å². The molecule has 1 aliphatic heterocycles. The molecule has 0 saturated carbocycles. The number of benzene rings is 2. The van der Waals surface area contributed by atoms with Crippen LogP contribution in [-0.2, 0) is 11.3 Å².